The summed E-state index contributed by atoms with van der Waals surface area (Å²) in [6.45, 7) is -0.00834. The van der Waals surface area contributed by atoms with Gasteiger partial charge in [-0.15, -0.1) is 0 Å². The second kappa shape index (κ2) is 6.15. The molecule has 1 aromatic heterocycles. The van der Waals surface area contributed by atoms with Gasteiger partial charge in [-0.3, -0.25) is 4.79 Å². The number of halogens is 3. The van der Waals surface area contributed by atoms with Gasteiger partial charge in [-0.05, 0) is 18.2 Å². The van der Waals surface area contributed by atoms with Crippen molar-refractivity contribution >= 4 is 28.8 Å². The second-order valence-corrected chi connectivity index (χ2v) is 4.69. The van der Waals surface area contributed by atoms with E-state index in [1.54, 1.807) is 0 Å². The van der Waals surface area contributed by atoms with Crippen LogP contribution in [-0.2, 0) is 11.0 Å². The van der Waals surface area contributed by atoms with E-state index in [0.717, 1.165) is 4.90 Å². The van der Waals surface area contributed by atoms with Gasteiger partial charge < -0.3 is 19.7 Å². The van der Waals surface area contributed by atoms with Gasteiger partial charge in [0.25, 0.3) is 0 Å². The van der Waals surface area contributed by atoms with E-state index in [2.05, 4.69) is 14.7 Å². The molecule has 0 atom stereocenters. The lowest BCUT2D eigenvalue weighted by Gasteiger charge is -2.16. The van der Waals surface area contributed by atoms with Gasteiger partial charge in [0.2, 0.25) is 0 Å². The van der Waals surface area contributed by atoms with E-state index in [-0.39, 0.29) is 29.8 Å². The molecule has 2 rings (SSSR count). The molecular formula is C13H12F3N3O4. The zero-order chi connectivity index (χ0) is 17.2. The van der Waals surface area contributed by atoms with E-state index in [4.69, 9.17) is 5.11 Å². The zero-order valence-corrected chi connectivity index (χ0v) is 11.8. The summed E-state index contributed by atoms with van der Waals surface area (Å²) in [4.78, 5) is 26.7. The van der Waals surface area contributed by atoms with Crippen LogP contribution >= 0.6 is 0 Å². The van der Waals surface area contributed by atoms with E-state index in [0.29, 0.717) is 0 Å². The molecule has 0 unspecified atom stereocenters. The second-order valence-electron chi connectivity index (χ2n) is 4.69. The first-order valence-corrected chi connectivity index (χ1v) is 6.38. The van der Waals surface area contributed by atoms with Gasteiger partial charge in [0.05, 0.1) is 6.42 Å². The summed E-state index contributed by atoms with van der Waals surface area (Å²) in [5, 5.41) is 11.0. The third-order valence-corrected chi connectivity index (χ3v) is 2.89. The lowest BCUT2D eigenvalue weighted by atomic mass is 10.3. The van der Waals surface area contributed by atoms with E-state index >= 15 is 0 Å². The molecule has 7 nitrogen and oxygen atoms in total. The van der Waals surface area contributed by atoms with Crippen molar-refractivity contribution in [3.05, 3.63) is 24.1 Å². The van der Waals surface area contributed by atoms with Crippen molar-refractivity contribution in [1.82, 2.24) is 9.88 Å². The number of carboxylic acids is 1. The number of oxazole rings is 1. The first-order chi connectivity index (χ1) is 10.7. The number of carbonyl (C=O) groups excluding carboxylic acids is 1. The first-order valence-electron chi connectivity index (χ1n) is 6.38. The molecule has 0 saturated heterocycles. The lowest BCUT2D eigenvalue weighted by Crippen LogP contribution is -2.33. The van der Waals surface area contributed by atoms with Crippen molar-refractivity contribution in [2.75, 3.05) is 18.9 Å². The Hall–Kier alpha value is -2.78. The van der Waals surface area contributed by atoms with Gasteiger partial charge in [-0.2, -0.15) is 13.2 Å². The van der Waals surface area contributed by atoms with Gasteiger partial charge in [0, 0.05) is 19.3 Å². The number of nitrogens with one attached hydrogen (secondary N) is 1. The van der Waals surface area contributed by atoms with Crippen LogP contribution in [-0.4, -0.2) is 40.6 Å². The summed E-state index contributed by atoms with van der Waals surface area (Å²) in [5.41, 5.74) is 0.101. The topological polar surface area (TPSA) is 95.7 Å². The monoisotopic (exact) mass is 331 g/mol. The van der Waals surface area contributed by atoms with Crippen LogP contribution < -0.4 is 5.32 Å². The number of alkyl halides is 3. The molecule has 0 aliphatic carbocycles. The molecular weight excluding hydrogens is 319 g/mol. The number of amides is 2. The molecule has 0 spiro atoms. The van der Waals surface area contributed by atoms with Crippen molar-refractivity contribution in [2.45, 2.75) is 12.6 Å². The molecule has 0 aliphatic rings. The van der Waals surface area contributed by atoms with Crippen molar-refractivity contribution in [3.8, 4) is 0 Å². The molecule has 10 heteroatoms. The Morgan fingerprint density at radius 1 is 1.39 bits per heavy atom. The number of benzene rings is 1. The maximum Gasteiger partial charge on any atom is 0.468 e. The molecule has 1 aromatic carbocycles. The summed E-state index contributed by atoms with van der Waals surface area (Å²) < 4.78 is 42.1. The number of urea groups is 1. The van der Waals surface area contributed by atoms with Crippen LogP contribution in [0.3, 0.4) is 0 Å². The van der Waals surface area contributed by atoms with Crippen LogP contribution in [0.25, 0.3) is 11.1 Å². The summed E-state index contributed by atoms with van der Waals surface area (Å²) >= 11 is 0. The van der Waals surface area contributed by atoms with Crippen molar-refractivity contribution in [3.63, 3.8) is 0 Å². The standard InChI is InChI=1S/C13H12F3N3O4/c1-19(5-4-10(20)21)12(22)17-7-2-3-9-8(6-7)18-11(23-9)13(14,15)16/h2-3,6H,4-5H2,1H3,(H,17,22)(H,20,21). The Morgan fingerprint density at radius 2 is 2.09 bits per heavy atom. The Balaban J connectivity index is 2.11. The van der Waals surface area contributed by atoms with Crippen LogP contribution in [0.4, 0.5) is 23.7 Å². The van der Waals surface area contributed by atoms with Crippen LogP contribution in [0, 0.1) is 0 Å². The normalized spacial score (nSPS) is 11.5. The van der Waals surface area contributed by atoms with Crippen LogP contribution in [0.5, 0.6) is 0 Å². The molecule has 2 amide bonds. The minimum Gasteiger partial charge on any atom is -0.481 e. The van der Waals surface area contributed by atoms with E-state index in [1.807, 2.05) is 0 Å². The molecule has 0 saturated carbocycles. The fourth-order valence-corrected chi connectivity index (χ4v) is 1.71. The zero-order valence-electron chi connectivity index (χ0n) is 11.8. The maximum absolute atomic E-state index is 12.5. The number of carbonyl (C=O) groups is 2. The first kappa shape index (κ1) is 16.6. The molecule has 23 heavy (non-hydrogen) atoms. The fourth-order valence-electron chi connectivity index (χ4n) is 1.71. The third-order valence-electron chi connectivity index (χ3n) is 2.89. The summed E-state index contributed by atoms with van der Waals surface area (Å²) in [6.07, 6.45) is -4.92. The largest absolute Gasteiger partial charge is 0.481 e. The summed E-state index contributed by atoms with van der Waals surface area (Å²) in [5.74, 6) is -2.41. The Morgan fingerprint density at radius 3 is 2.70 bits per heavy atom. The van der Waals surface area contributed by atoms with E-state index in [1.165, 1.54) is 25.2 Å². The van der Waals surface area contributed by atoms with Crippen molar-refractivity contribution in [2.24, 2.45) is 0 Å². The number of aliphatic carboxylic acids is 1. The average molecular weight is 331 g/mol. The third kappa shape index (κ3) is 4.11. The molecule has 0 fully saturated rings. The highest BCUT2D eigenvalue weighted by Crippen LogP contribution is 2.31. The number of hydrogen-bond donors (Lipinski definition) is 2. The summed E-state index contributed by atoms with van der Waals surface area (Å²) in [7, 11) is 1.40. The van der Waals surface area contributed by atoms with Gasteiger partial charge in [0.15, 0.2) is 5.58 Å². The number of fused-ring (bicyclic) bond motifs is 1. The van der Waals surface area contributed by atoms with Gasteiger partial charge in [-0.25, -0.2) is 9.78 Å². The molecule has 2 aromatic rings. The predicted octanol–water partition coefficient (Wildman–Crippen LogP) is 2.79. The molecule has 124 valence electrons. The fraction of sp³-hybridized carbons (Fsp3) is 0.308. The Bertz CT molecular complexity index is 742. The highest BCUT2D eigenvalue weighted by atomic mass is 19.4. The average Bonchev–Trinajstić information content (AvgIpc) is 2.87. The van der Waals surface area contributed by atoms with Crippen molar-refractivity contribution in [1.29, 1.82) is 0 Å². The Kier molecular flexibility index (Phi) is 4.43. The minimum absolute atomic E-state index is 0.00834. The van der Waals surface area contributed by atoms with Gasteiger partial charge >= 0.3 is 24.1 Å². The number of rotatable bonds is 4. The lowest BCUT2D eigenvalue weighted by molar-refractivity contribution is -0.156. The maximum atomic E-state index is 12.5. The number of anilines is 1. The van der Waals surface area contributed by atoms with Crippen LogP contribution in [0.15, 0.2) is 22.6 Å². The molecule has 1 heterocycles. The predicted molar refractivity (Wildman–Crippen MR) is 72.9 cm³/mol. The highest BCUT2D eigenvalue weighted by Gasteiger charge is 2.37. The number of hydrogen-bond acceptors (Lipinski definition) is 4. The molecule has 2 N–H and O–H groups in total. The summed E-state index contributed by atoms with van der Waals surface area (Å²) in [6, 6.07) is 3.25. The van der Waals surface area contributed by atoms with E-state index in [9.17, 15) is 22.8 Å². The van der Waals surface area contributed by atoms with Crippen molar-refractivity contribution < 1.29 is 32.3 Å². The quantitative estimate of drug-likeness (QED) is 0.898. The number of carboxylic acid groups (broad SMARTS) is 1. The SMILES string of the molecule is CN(CCC(=O)O)C(=O)Nc1ccc2oc(C(F)(F)F)nc2c1. The van der Waals surface area contributed by atoms with E-state index < -0.39 is 24.1 Å². The Labute approximate surface area is 127 Å². The van der Waals surface area contributed by atoms with Gasteiger partial charge in [-0.1, -0.05) is 0 Å². The van der Waals surface area contributed by atoms with Gasteiger partial charge in [0.1, 0.15) is 5.52 Å². The van der Waals surface area contributed by atoms with Crippen LogP contribution in [0.2, 0.25) is 0 Å². The number of nitrogens with zero attached hydrogens (tertiary/aromatic N) is 2. The van der Waals surface area contributed by atoms with Crippen LogP contribution in [0.1, 0.15) is 12.3 Å². The minimum atomic E-state index is -4.69. The number of aromatic nitrogens is 1. The molecule has 0 radical (unpaired) electrons. The molecule has 0 bridgehead atoms. The smallest absolute Gasteiger partial charge is 0.468 e. The highest BCUT2D eigenvalue weighted by molar-refractivity contribution is 5.91. The molecule has 0 aliphatic heterocycles.